The van der Waals surface area contributed by atoms with E-state index >= 15 is 0 Å². The maximum atomic E-state index is 10.9. The molecule has 2 rings (SSSR count). The van der Waals surface area contributed by atoms with Crippen LogP contribution in [-0.2, 0) is 24.4 Å². The maximum Gasteiger partial charge on any atom is 0.307 e. The molecular weight excluding hydrogens is 266 g/mol. The minimum Gasteiger partial charge on any atom is -0.488 e. The first-order valence-corrected chi connectivity index (χ1v) is 6.81. The Morgan fingerprint density at radius 1 is 1.10 bits per heavy atom. The van der Waals surface area contributed by atoms with Gasteiger partial charge in [0.15, 0.2) is 0 Å². The van der Waals surface area contributed by atoms with E-state index < -0.39 is 5.97 Å². The highest BCUT2D eigenvalue weighted by Gasteiger charge is 2.09. The molecule has 3 N–H and O–H groups in total. The lowest BCUT2D eigenvalue weighted by atomic mass is 10.1. The second-order valence-electron chi connectivity index (χ2n) is 4.90. The van der Waals surface area contributed by atoms with Gasteiger partial charge < -0.3 is 15.6 Å². The molecular formula is C17H19NO3. The van der Waals surface area contributed by atoms with E-state index in [0.717, 1.165) is 28.0 Å². The van der Waals surface area contributed by atoms with Crippen LogP contribution >= 0.6 is 0 Å². The summed E-state index contributed by atoms with van der Waals surface area (Å²) in [5, 5.41) is 8.95. The standard InChI is InChI=1S/C17H19NO3/c1-12-5-4-8-14(10-18)17(12)21-11-15-7-3-2-6-13(15)9-16(19)20/h2-8H,9-11,18H2,1H3,(H,19,20). The van der Waals surface area contributed by atoms with Crippen molar-refractivity contribution in [3.8, 4) is 5.75 Å². The van der Waals surface area contributed by atoms with Crippen LogP contribution in [0.2, 0.25) is 0 Å². The van der Waals surface area contributed by atoms with Crippen molar-refractivity contribution >= 4 is 5.97 Å². The summed E-state index contributed by atoms with van der Waals surface area (Å²) < 4.78 is 5.89. The van der Waals surface area contributed by atoms with Crippen LogP contribution in [0.15, 0.2) is 42.5 Å². The number of rotatable bonds is 6. The number of aliphatic carboxylic acids is 1. The van der Waals surface area contributed by atoms with Crippen LogP contribution in [0.4, 0.5) is 0 Å². The Morgan fingerprint density at radius 2 is 1.76 bits per heavy atom. The van der Waals surface area contributed by atoms with Gasteiger partial charge in [-0.3, -0.25) is 4.79 Å². The normalized spacial score (nSPS) is 10.4. The number of benzene rings is 2. The second-order valence-corrected chi connectivity index (χ2v) is 4.90. The number of carbonyl (C=O) groups is 1. The van der Waals surface area contributed by atoms with Crippen molar-refractivity contribution in [3.63, 3.8) is 0 Å². The van der Waals surface area contributed by atoms with Crippen LogP contribution < -0.4 is 10.5 Å². The van der Waals surface area contributed by atoms with Gasteiger partial charge in [-0.1, -0.05) is 42.5 Å². The molecule has 0 atom stereocenters. The lowest BCUT2D eigenvalue weighted by Gasteiger charge is -2.14. The molecule has 0 fully saturated rings. The van der Waals surface area contributed by atoms with Crippen LogP contribution in [0.25, 0.3) is 0 Å². The highest BCUT2D eigenvalue weighted by molar-refractivity contribution is 5.70. The molecule has 0 radical (unpaired) electrons. The summed E-state index contributed by atoms with van der Waals surface area (Å²) in [6.07, 6.45) is -0.00293. The van der Waals surface area contributed by atoms with E-state index in [-0.39, 0.29) is 6.42 Å². The number of ether oxygens (including phenoxy) is 1. The Balaban J connectivity index is 2.19. The molecule has 2 aromatic carbocycles. The first-order valence-electron chi connectivity index (χ1n) is 6.81. The van der Waals surface area contributed by atoms with Gasteiger partial charge in [0.2, 0.25) is 0 Å². The van der Waals surface area contributed by atoms with Crippen LogP contribution in [0.3, 0.4) is 0 Å². The number of carboxylic acid groups (broad SMARTS) is 1. The van der Waals surface area contributed by atoms with Gasteiger partial charge in [-0.2, -0.15) is 0 Å². The van der Waals surface area contributed by atoms with Crippen LogP contribution in [0.1, 0.15) is 22.3 Å². The maximum absolute atomic E-state index is 10.9. The second kappa shape index (κ2) is 6.90. The summed E-state index contributed by atoms with van der Waals surface area (Å²) in [6, 6.07) is 13.3. The zero-order chi connectivity index (χ0) is 15.2. The van der Waals surface area contributed by atoms with Gasteiger partial charge in [-0.15, -0.1) is 0 Å². The highest BCUT2D eigenvalue weighted by Crippen LogP contribution is 2.24. The average Bonchev–Trinajstić information content (AvgIpc) is 2.46. The topological polar surface area (TPSA) is 72.5 Å². The molecule has 0 saturated heterocycles. The van der Waals surface area contributed by atoms with Crippen LogP contribution in [0, 0.1) is 6.92 Å². The third-order valence-electron chi connectivity index (χ3n) is 3.35. The van der Waals surface area contributed by atoms with Crippen LogP contribution in [0.5, 0.6) is 5.75 Å². The fourth-order valence-electron chi connectivity index (χ4n) is 2.26. The SMILES string of the molecule is Cc1cccc(CN)c1OCc1ccccc1CC(=O)O. The minimum absolute atomic E-state index is 0.00293. The number of nitrogens with two attached hydrogens (primary N) is 1. The van der Waals surface area contributed by atoms with Gasteiger partial charge >= 0.3 is 5.97 Å². The molecule has 2 aromatic rings. The third kappa shape index (κ3) is 3.83. The average molecular weight is 285 g/mol. The van der Waals surface area contributed by atoms with E-state index in [9.17, 15) is 4.79 Å². The van der Waals surface area contributed by atoms with Crippen molar-refractivity contribution in [1.82, 2.24) is 0 Å². The summed E-state index contributed by atoms with van der Waals surface area (Å²) >= 11 is 0. The summed E-state index contributed by atoms with van der Waals surface area (Å²) in [5.41, 5.74) is 9.35. The molecule has 0 aliphatic heterocycles. The van der Waals surface area contributed by atoms with Crippen molar-refractivity contribution in [2.45, 2.75) is 26.5 Å². The molecule has 110 valence electrons. The monoisotopic (exact) mass is 285 g/mol. The summed E-state index contributed by atoms with van der Waals surface area (Å²) in [4.78, 5) is 10.9. The Labute approximate surface area is 124 Å². The first kappa shape index (κ1) is 15.1. The Kier molecular flexibility index (Phi) is 4.95. The Morgan fingerprint density at radius 3 is 2.43 bits per heavy atom. The van der Waals surface area contributed by atoms with E-state index in [0.29, 0.717) is 13.2 Å². The predicted molar refractivity (Wildman–Crippen MR) is 81.2 cm³/mol. The molecule has 0 saturated carbocycles. The summed E-state index contributed by atoms with van der Waals surface area (Å²) in [7, 11) is 0. The minimum atomic E-state index is -0.846. The number of hydrogen-bond donors (Lipinski definition) is 2. The molecule has 0 aliphatic rings. The molecule has 0 bridgehead atoms. The van der Waals surface area contributed by atoms with Crippen molar-refractivity contribution in [2.24, 2.45) is 5.73 Å². The van der Waals surface area contributed by atoms with Gasteiger partial charge in [-0.25, -0.2) is 0 Å². The molecule has 0 amide bonds. The van der Waals surface area contributed by atoms with E-state index in [1.165, 1.54) is 0 Å². The number of para-hydroxylation sites is 1. The molecule has 0 spiro atoms. The van der Waals surface area contributed by atoms with E-state index in [2.05, 4.69) is 0 Å². The molecule has 4 nitrogen and oxygen atoms in total. The summed E-state index contributed by atoms with van der Waals surface area (Å²) in [6.45, 7) is 2.72. The predicted octanol–water partition coefficient (Wildman–Crippen LogP) is 2.66. The Bertz CT molecular complexity index is 638. The summed E-state index contributed by atoms with van der Waals surface area (Å²) in [5.74, 6) is -0.0638. The number of aryl methyl sites for hydroxylation is 1. The third-order valence-corrected chi connectivity index (χ3v) is 3.35. The van der Waals surface area contributed by atoms with Gasteiger partial charge in [-0.05, 0) is 23.6 Å². The van der Waals surface area contributed by atoms with Crippen molar-refractivity contribution in [3.05, 3.63) is 64.7 Å². The smallest absolute Gasteiger partial charge is 0.307 e. The van der Waals surface area contributed by atoms with Crippen LogP contribution in [-0.4, -0.2) is 11.1 Å². The van der Waals surface area contributed by atoms with Crippen molar-refractivity contribution in [2.75, 3.05) is 0 Å². The van der Waals surface area contributed by atoms with E-state index in [4.69, 9.17) is 15.6 Å². The zero-order valence-corrected chi connectivity index (χ0v) is 12.0. The fourth-order valence-corrected chi connectivity index (χ4v) is 2.26. The van der Waals surface area contributed by atoms with Gasteiger partial charge in [0, 0.05) is 12.1 Å². The molecule has 0 aromatic heterocycles. The van der Waals surface area contributed by atoms with Crippen molar-refractivity contribution < 1.29 is 14.6 Å². The highest BCUT2D eigenvalue weighted by atomic mass is 16.5. The lowest BCUT2D eigenvalue weighted by Crippen LogP contribution is -2.08. The molecule has 0 aliphatic carbocycles. The lowest BCUT2D eigenvalue weighted by molar-refractivity contribution is -0.136. The molecule has 4 heteroatoms. The molecule has 21 heavy (non-hydrogen) atoms. The number of hydrogen-bond acceptors (Lipinski definition) is 3. The van der Waals surface area contributed by atoms with Crippen molar-refractivity contribution in [1.29, 1.82) is 0 Å². The van der Waals surface area contributed by atoms with Gasteiger partial charge in [0.1, 0.15) is 12.4 Å². The van der Waals surface area contributed by atoms with Gasteiger partial charge in [0.25, 0.3) is 0 Å². The van der Waals surface area contributed by atoms with Gasteiger partial charge in [0.05, 0.1) is 6.42 Å². The first-order chi connectivity index (χ1) is 10.1. The molecule has 0 heterocycles. The number of carboxylic acids is 1. The quantitative estimate of drug-likeness (QED) is 0.856. The zero-order valence-electron chi connectivity index (χ0n) is 12.0. The largest absolute Gasteiger partial charge is 0.488 e. The van der Waals surface area contributed by atoms with E-state index in [1.54, 1.807) is 0 Å². The Hall–Kier alpha value is -2.33. The fraction of sp³-hybridized carbons (Fsp3) is 0.235. The molecule has 0 unspecified atom stereocenters. The van der Waals surface area contributed by atoms with E-state index in [1.807, 2.05) is 49.4 Å².